The lowest BCUT2D eigenvalue weighted by molar-refractivity contribution is -0.136. The smallest absolute Gasteiger partial charge is 0.321 e. The van der Waals surface area contributed by atoms with Gasteiger partial charge in [0.1, 0.15) is 21.6 Å². The van der Waals surface area contributed by atoms with Crippen LogP contribution in [0.25, 0.3) is 33.4 Å². The SMILES string of the molecule is O=C(O)C(Sc1nccc2oc(-c3ccccc3)c(-c3ccccc3)c12)c1ccccc1. The Hall–Kier alpha value is -3.83. The zero-order chi connectivity index (χ0) is 21.9. The molecule has 2 aromatic heterocycles. The van der Waals surface area contributed by atoms with Crippen LogP contribution in [0.5, 0.6) is 0 Å². The van der Waals surface area contributed by atoms with Gasteiger partial charge in [0.25, 0.3) is 0 Å². The molecule has 0 bridgehead atoms. The Balaban J connectivity index is 1.73. The van der Waals surface area contributed by atoms with Gasteiger partial charge < -0.3 is 9.52 Å². The van der Waals surface area contributed by atoms with Crippen LogP contribution in [0.15, 0.2) is 113 Å². The second kappa shape index (κ2) is 8.73. The lowest BCUT2D eigenvalue weighted by atomic mass is 9.99. The molecule has 5 aromatic rings. The molecule has 0 saturated heterocycles. The number of benzene rings is 3. The Morgan fingerprint density at radius 2 is 1.41 bits per heavy atom. The fourth-order valence-electron chi connectivity index (χ4n) is 3.78. The number of aromatic nitrogens is 1. The summed E-state index contributed by atoms with van der Waals surface area (Å²) in [5, 5.41) is 10.6. The van der Waals surface area contributed by atoms with Crippen molar-refractivity contribution in [2.45, 2.75) is 10.3 Å². The number of aliphatic carboxylic acids is 1. The molecule has 5 rings (SSSR count). The molecule has 0 aliphatic heterocycles. The van der Waals surface area contributed by atoms with E-state index in [2.05, 4.69) is 4.98 Å². The van der Waals surface area contributed by atoms with E-state index < -0.39 is 11.2 Å². The highest BCUT2D eigenvalue weighted by Crippen LogP contribution is 2.46. The Morgan fingerprint density at radius 1 is 0.812 bits per heavy atom. The zero-order valence-corrected chi connectivity index (χ0v) is 17.8. The summed E-state index contributed by atoms with van der Waals surface area (Å²) in [5.41, 5.74) is 4.26. The maximum atomic E-state index is 12.1. The Kier molecular flexibility index (Phi) is 5.48. The maximum Gasteiger partial charge on any atom is 0.321 e. The molecule has 4 nitrogen and oxygen atoms in total. The molecule has 1 atom stereocenters. The van der Waals surface area contributed by atoms with Crippen LogP contribution in [0, 0.1) is 0 Å². The number of carboxylic acid groups (broad SMARTS) is 1. The van der Waals surface area contributed by atoms with Crippen molar-refractivity contribution in [1.29, 1.82) is 0 Å². The zero-order valence-electron chi connectivity index (χ0n) is 17.0. The van der Waals surface area contributed by atoms with E-state index in [-0.39, 0.29) is 0 Å². The lowest BCUT2D eigenvalue weighted by Crippen LogP contribution is -2.08. The fourth-order valence-corrected chi connectivity index (χ4v) is 4.84. The van der Waals surface area contributed by atoms with Crippen LogP contribution < -0.4 is 0 Å². The van der Waals surface area contributed by atoms with E-state index in [0.717, 1.165) is 33.4 Å². The van der Waals surface area contributed by atoms with Crippen LogP contribution >= 0.6 is 11.8 Å². The minimum Gasteiger partial charge on any atom is -0.480 e. The van der Waals surface area contributed by atoms with Gasteiger partial charge in [-0.05, 0) is 17.2 Å². The second-order valence-corrected chi connectivity index (χ2v) is 8.37. The molecule has 1 N–H and O–H groups in total. The number of furan rings is 1. The molecule has 2 heterocycles. The summed E-state index contributed by atoms with van der Waals surface area (Å²) in [4.78, 5) is 16.7. The van der Waals surface area contributed by atoms with E-state index in [1.165, 1.54) is 11.8 Å². The van der Waals surface area contributed by atoms with Gasteiger partial charge in [0.2, 0.25) is 0 Å². The fraction of sp³-hybridized carbons (Fsp3) is 0.0370. The minimum atomic E-state index is -0.909. The highest BCUT2D eigenvalue weighted by atomic mass is 32.2. The summed E-state index contributed by atoms with van der Waals surface area (Å²) < 4.78 is 6.33. The van der Waals surface area contributed by atoms with Gasteiger partial charge in [0.15, 0.2) is 0 Å². The first-order valence-electron chi connectivity index (χ1n) is 10.2. The standard InChI is InChI=1S/C27H19NO3S/c29-27(30)25(20-14-8-3-9-15-20)32-26-23-21(16-17-28-26)31-24(19-12-6-2-7-13-19)22(23)18-10-4-1-5-11-18/h1-17,25H,(H,29,30). The molecule has 3 aromatic carbocycles. The van der Waals surface area contributed by atoms with Crippen molar-refractivity contribution in [2.24, 2.45) is 0 Å². The minimum absolute atomic E-state index is 0.628. The topological polar surface area (TPSA) is 63.3 Å². The van der Waals surface area contributed by atoms with Crippen molar-refractivity contribution in [3.05, 3.63) is 109 Å². The second-order valence-electron chi connectivity index (χ2n) is 7.27. The van der Waals surface area contributed by atoms with Gasteiger partial charge in [-0.2, -0.15) is 0 Å². The summed E-state index contributed by atoms with van der Waals surface area (Å²) in [6.45, 7) is 0. The van der Waals surface area contributed by atoms with Crippen LogP contribution in [0.3, 0.4) is 0 Å². The largest absolute Gasteiger partial charge is 0.480 e. The predicted molar refractivity (Wildman–Crippen MR) is 128 cm³/mol. The number of fused-ring (bicyclic) bond motifs is 1. The van der Waals surface area contributed by atoms with Crippen molar-refractivity contribution in [2.75, 3.05) is 0 Å². The van der Waals surface area contributed by atoms with Gasteiger partial charge in [-0.1, -0.05) is 103 Å². The monoisotopic (exact) mass is 437 g/mol. The van der Waals surface area contributed by atoms with Crippen LogP contribution in [0.2, 0.25) is 0 Å². The van der Waals surface area contributed by atoms with Gasteiger partial charge >= 0.3 is 5.97 Å². The van der Waals surface area contributed by atoms with E-state index in [9.17, 15) is 9.90 Å². The van der Waals surface area contributed by atoms with E-state index in [1.807, 2.05) is 97.1 Å². The number of carbonyl (C=O) groups is 1. The first-order chi connectivity index (χ1) is 15.7. The Labute approximate surface area is 189 Å². The van der Waals surface area contributed by atoms with E-state index in [0.29, 0.717) is 10.6 Å². The molecule has 0 spiro atoms. The highest BCUT2D eigenvalue weighted by Gasteiger charge is 2.26. The van der Waals surface area contributed by atoms with Crippen molar-refractivity contribution >= 4 is 28.7 Å². The van der Waals surface area contributed by atoms with Gasteiger partial charge in [-0.15, -0.1) is 0 Å². The van der Waals surface area contributed by atoms with Crippen LogP contribution in [0.4, 0.5) is 0 Å². The third kappa shape index (κ3) is 3.79. The number of nitrogens with zero attached hydrogens (tertiary/aromatic N) is 1. The van der Waals surface area contributed by atoms with Gasteiger partial charge in [-0.3, -0.25) is 4.79 Å². The van der Waals surface area contributed by atoms with Gasteiger partial charge in [-0.25, -0.2) is 4.98 Å². The molecule has 0 amide bonds. The third-order valence-corrected chi connectivity index (χ3v) is 6.46. The Morgan fingerprint density at radius 3 is 2.03 bits per heavy atom. The van der Waals surface area contributed by atoms with E-state index >= 15 is 0 Å². The van der Waals surface area contributed by atoms with Crippen LogP contribution in [0.1, 0.15) is 10.8 Å². The number of rotatable bonds is 6. The number of thioether (sulfide) groups is 1. The maximum absolute atomic E-state index is 12.1. The number of pyridine rings is 1. The molecular weight excluding hydrogens is 418 g/mol. The predicted octanol–water partition coefficient (Wildman–Crippen LogP) is 7.08. The summed E-state index contributed by atoms with van der Waals surface area (Å²) in [5.74, 6) is -0.165. The molecule has 1 unspecified atom stereocenters. The van der Waals surface area contributed by atoms with Crippen molar-refractivity contribution in [3.8, 4) is 22.5 Å². The summed E-state index contributed by atoms with van der Waals surface area (Å²) in [7, 11) is 0. The average Bonchev–Trinajstić information content (AvgIpc) is 3.24. The summed E-state index contributed by atoms with van der Waals surface area (Å²) in [6, 6.07) is 31.0. The molecule has 156 valence electrons. The first-order valence-corrected chi connectivity index (χ1v) is 11.1. The number of carboxylic acids is 1. The van der Waals surface area contributed by atoms with Crippen LogP contribution in [-0.2, 0) is 4.79 Å². The molecule has 5 heteroatoms. The molecule has 0 aliphatic rings. The summed E-state index contributed by atoms with van der Waals surface area (Å²) in [6.07, 6.45) is 1.67. The normalized spacial score (nSPS) is 12.0. The molecule has 0 aliphatic carbocycles. The third-order valence-electron chi connectivity index (χ3n) is 5.22. The first kappa shape index (κ1) is 20.1. The molecule has 0 saturated carbocycles. The van der Waals surface area contributed by atoms with Crippen LogP contribution in [-0.4, -0.2) is 16.1 Å². The molecular formula is C27H19NO3S. The van der Waals surface area contributed by atoms with E-state index in [1.54, 1.807) is 6.20 Å². The van der Waals surface area contributed by atoms with E-state index in [4.69, 9.17) is 4.42 Å². The van der Waals surface area contributed by atoms with Crippen molar-refractivity contribution in [3.63, 3.8) is 0 Å². The molecule has 0 radical (unpaired) electrons. The summed E-state index contributed by atoms with van der Waals surface area (Å²) >= 11 is 1.23. The van der Waals surface area contributed by atoms with Crippen molar-refractivity contribution < 1.29 is 14.3 Å². The number of hydrogen-bond donors (Lipinski definition) is 1. The number of hydrogen-bond acceptors (Lipinski definition) is 4. The highest BCUT2D eigenvalue weighted by molar-refractivity contribution is 8.00. The van der Waals surface area contributed by atoms with Crippen molar-refractivity contribution in [1.82, 2.24) is 4.98 Å². The average molecular weight is 438 g/mol. The quantitative estimate of drug-likeness (QED) is 0.288. The van der Waals surface area contributed by atoms with Gasteiger partial charge in [0.05, 0.1) is 5.39 Å². The molecule has 0 fully saturated rings. The lowest BCUT2D eigenvalue weighted by Gasteiger charge is -2.13. The Bertz CT molecular complexity index is 1370. The molecule has 32 heavy (non-hydrogen) atoms. The van der Waals surface area contributed by atoms with Gasteiger partial charge in [0, 0.05) is 17.3 Å².